The van der Waals surface area contributed by atoms with Gasteiger partial charge < -0.3 is 16.4 Å². The number of benzene rings is 1. The molecule has 1 aromatic rings. The average Bonchev–Trinajstić information content (AvgIpc) is 2.37. The van der Waals surface area contributed by atoms with Gasteiger partial charge in [0.15, 0.2) is 0 Å². The topological polar surface area (TPSA) is 67.1 Å². The molecular weight excluding hydrogens is 283 g/mol. The Morgan fingerprint density at radius 1 is 1.24 bits per heavy atom. The van der Waals surface area contributed by atoms with Gasteiger partial charge in [-0.2, -0.15) is 13.2 Å². The number of carbonyl (C=O) groups is 1. The minimum atomic E-state index is -4.09. The Balaban J connectivity index is 1.88. The number of carbonyl (C=O) groups excluding carboxylic acids is 1. The van der Waals surface area contributed by atoms with Crippen molar-refractivity contribution in [3.8, 4) is 0 Å². The molecule has 116 valence electrons. The van der Waals surface area contributed by atoms with Crippen molar-refractivity contribution in [3.63, 3.8) is 0 Å². The lowest BCUT2D eigenvalue weighted by Gasteiger charge is -2.19. The number of anilines is 3. The molecule has 1 heterocycles. The second-order valence-corrected chi connectivity index (χ2v) is 5.14. The number of halogens is 3. The van der Waals surface area contributed by atoms with Crippen molar-refractivity contribution in [1.82, 2.24) is 0 Å². The summed E-state index contributed by atoms with van der Waals surface area (Å²) in [4.78, 5) is 11.3. The lowest BCUT2D eigenvalue weighted by atomic mass is 10.0. The first-order chi connectivity index (χ1) is 9.85. The van der Waals surface area contributed by atoms with Gasteiger partial charge in [-0.05, 0) is 37.0 Å². The van der Waals surface area contributed by atoms with E-state index in [-0.39, 0.29) is 12.3 Å². The van der Waals surface area contributed by atoms with E-state index >= 15 is 0 Å². The van der Waals surface area contributed by atoms with Crippen LogP contribution >= 0.6 is 0 Å². The van der Waals surface area contributed by atoms with Crippen LogP contribution in [0.5, 0.6) is 0 Å². The molecule has 4 N–H and O–H groups in total. The second kappa shape index (κ2) is 6.24. The number of nitrogens with one attached hydrogen (secondary N) is 2. The average molecular weight is 301 g/mol. The molecule has 0 spiro atoms. The summed E-state index contributed by atoms with van der Waals surface area (Å²) in [5.41, 5.74) is 8.77. The number of aryl methyl sites for hydroxylation is 1. The minimum Gasteiger partial charge on any atom is -0.397 e. The van der Waals surface area contributed by atoms with E-state index in [0.29, 0.717) is 42.9 Å². The maximum Gasteiger partial charge on any atom is 0.389 e. The number of hydrogen-bond donors (Lipinski definition) is 3. The fourth-order valence-corrected chi connectivity index (χ4v) is 2.27. The third-order valence-corrected chi connectivity index (χ3v) is 3.37. The molecule has 1 aliphatic heterocycles. The number of unbranched alkanes of at least 4 members (excludes halogenated alkanes) is 1. The van der Waals surface area contributed by atoms with Gasteiger partial charge in [-0.15, -0.1) is 0 Å². The molecule has 0 bridgehead atoms. The maximum absolute atomic E-state index is 12.0. The van der Waals surface area contributed by atoms with Gasteiger partial charge in [-0.1, -0.05) is 0 Å². The number of fused-ring (bicyclic) bond motifs is 1. The zero-order valence-corrected chi connectivity index (χ0v) is 11.5. The molecule has 1 amide bonds. The maximum atomic E-state index is 12.0. The van der Waals surface area contributed by atoms with E-state index in [1.807, 2.05) is 6.07 Å². The first-order valence-electron chi connectivity index (χ1n) is 6.88. The highest BCUT2D eigenvalue weighted by molar-refractivity contribution is 5.95. The van der Waals surface area contributed by atoms with Crippen molar-refractivity contribution in [2.45, 2.75) is 38.3 Å². The summed E-state index contributed by atoms with van der Waals surface area (Å²) >= 11 is 0. The standard InChI is InChI=1S/C14H18F3N3O/c15-14(16,17)5-1-2-6-19-12-7-9-3-4-13(21)20-11(9)8-10(12)18/h7-8,19H,1-6,18H2,(H,20,21). The van der Waals surface area contributed by atoms with Crippen molar-refractivity contribution >= 4 is 23.0 Å². The number of nitrogens with two attached hydrogens (primary N) is 1. The Labute approximate surface area is 120 Å². The molecular formula is C14H18F3N3O. The van der Waals surface area contributed by atoms with Crippen LogP contribution in [0, 0.1) is 0 Å². The molecule has 4 nitrogen and oxygen atoms in total. The zero-order chi connectivity index (χ0) is 15.5. The van der Waals surface area contributed by atoms with Crippen molar-refractivity contribution in [2.24, 2.45) is 0 Å². The summed E-state index contributed by atoms with van der Waals surface area (Å²) in [6.45, 7) is 0.436. The lowest BCUT2D eigenvalue weighted by Crippen LogP contribution is -2.19. The third-order valence-electron chi connectivity index (χ3n) is 3.37. The normalized spacial score (nSPS) is 14.5. The smallest absolute Gasteiger partial charge is 0.389 e. The summed E-state index contributed by atoms with van der Waals surface area (Å²) in [6.07, 6.45) is -3.26. The Morgan fingerprint density at radius 2 is 2.00 bits per heavy atom. The van der Waals surface area contributed by atoms with E-state index in [1.54, 1.807) is 6.07 Å². The predicted octanol–water partition coefficient (Wildman–Crippen LogP) is 3.30. The molecule has 21 heavy (non-hydrogen) atoms. The molecule has 0 atom stereocenters. The highest BCUT2D eigenvalue weighted by atomic mass is 19.4. The summed E-state index contributed by atoms with van der Waals surface area (Å²) in [6, 6.07) is 3.54. The van der Waals surface area contributed by atoms with E-state index in [2.05, 4.69) is 10.6 Å². The van der Waals surface area contributed by atoms with Crippen molar-refractivity contribution in [3.05, 3.63) is 17.7 Å². The van der Waals surface area contributed by atoms with Crippen LogP contribution < -0.4 is 16.4 Å². The summed E-state index contributed by atoms with van der Waals surface area (Å²) < 4.78 is 36.0. The van der Waals surface area contributed by atoms with Crippen molar-refractivity contribution < 1.29 is 18.0 Å². The number of hydrogen-bond acceptors (Lipinski definition) is 3. The Morgan fingerprint density at radius 3 is 2.71 bits per heavy atom. The van der Waals surface area contributed by atoms with Crippen LogP contribution in [0.3, 0.4) is 0 Å². The van der Waals surface area contributed by atoms with Gasteiger partial charge in [0.05, 0.1) is 11.4 Å². The largest absolute Gasteiger partial charge is 0.397 e. The van der Waals surface area contributed by atoms with Crippen LogP contribution in [-0.4, -0.2) is 18.6 Å². The fourth-order valence-electron chi connectivity index (χ4n) is 2.27. The molecule has 0 saturated heterocycles. The minimum absolute atomic E-state index is 0.0326. The van der Waals surface area contributed by atoms with Crippen LogP contribution in [-0.2, 0) is 11.2 Å². The van der Waals surface area contributed by atoms with Crippen LogP contribution in [0.2, 0.25) is 0 Å². The second-order valence-electron chi connectivity index (χ2n) is 5.14. The Bertz CT molecular complexity index is 529. The molecule has 1 aromatic carbocycles. The van der Waals surface area contributed by atoms with E-state index in [0.717, 1.165) is 5.56 Å². The van der Waals surface area contributed by atoms with Gasteiger partial charge in [0.2, 0.25) is 5.91 Å². The number of nitrogen functional groups attached to an aromatic ring is 1. The van der Waals surface area contributed by atoms with Gasteiger partial charge in [-0.25, -0.2) is 0 Å². The Hall–Kier alpha value is -1.92. The molecule has 7 heteroatoms. The van der Waals surface area contributed by atoms with E-state index < -0.39 is 12.6 Å². The van der Waals surface area contributed by atoms with Crippen LogP contribution in [0.15, 0.2) is 12.1 Å². The third kappa shape index (κ3) is 4.54. The SMILES string of the molecule is Nc1cc2c(cc1NCCCCC(F)(F)F)CCC(=O)N2. The highest BCUT2D eigenvalue weighted by Crippen LogP contribution is 2.31. The van der Waals surface area contributed by atoms with E-state index in [1.165, 1.54) is 0 Å². The molecule has 1 aliphatic rings. The van der Waals surface area contributed by atoms with Crippen LogP contribution in [0.4, 0.5) is 30.2 Å². The van der Waals surface area contributed by atoms with Gasteiger partial charge in [0.1, 0.15) is 0 Å². The fraction of sp³-hybridized carbons (Fsp3) is 0.500. The van der Waals surface area contributed by atoms with Crippen LogP contribution in [0.25, 0.3) is 0 Å². The molecule has 0 aromatic heterocycles. The van der Waals surface area contributed by atoms with Crippen LogP contribution in [0.1, 0.15) is 31.2 Å². The number of alkyl halides is 3. The monoisotopic (exact) mass is 301 g/mol. The van der Waals surface area contributed by atoms with Gasteiger partial charge >= 0.3 is 6.18 Å². The Kier molecular flexibility index (Phi) is 4.59. The quantitative estimate of drug-likeness (QED) is 0.577. The van der Waals surface area contributed by atoms with Gasteiger partial charge in [0, 0.05) is 25.1 Å². The van der Waals surface area contributed by atoms with Gasteiger partial charge in [-0.3, -0.25) is 4.79 Å². The first kappa shape index (κ1) is 15.5. The zero-order valence-electron chi connectivity index (χ0n) is 11.5. The molecule has 0 radical (unpaired) electrons. The summed E-state index contributed by atoms with van der Waals surface area (Å²) in [7, 11) is 0. The molecule has 0 saturated carbocycles. The van der Waals surface area contributed by atoms with Crippen molar-refractivity contribution in [1.29, 1.82) is 0 Å². The molecule has 0 aliphatic carbocycles. The summed E-state index contributed by atoms with van der Waals surface area (Å²) in [5, 5.41) is 5.80. The summed E-state index contributed by atoms with van der Waals surface area (Å²) in [5.74, 6) is -0.0326. The number of rotatable bonds is 5. The number of amides is 1. The first-order valence-corrected chi connectivity index (χ1v) is 6.88. The van der Waals surface area contributed by atoms with Gasteiger partial charge in [0.25, 0.3) is 0 Å². The van der Waals surface area contributed by atoms with E-state index in [4.69, 9.17) is 5.73 Å². The molecule has 0 unspecified atom stereocenters. The molecule has 0 fully saturated rings. The highest BCUT2D eigenvalue weighted by Gasteiger charge is 2.25. The lowest BCUT2D eigenvalue weighted by molar-refractivity contribution is -0.135. The van der Waals surface area contributed by atoms with E-state index in [9.17, 15) is 18.0 Å². The molecule has 2 rings (SSSR count). The predicted molar refractivity (Wildman–Crippen MR) is 76.2 cm³/mol. The van der Waals surface area contributed by atoms with Crippen molar-refractivity contribution in [2.75, 3.05) is 22.9 Å².